The van der Waals surface area contributed by atoms with E-state index in [0.717, 1.165) is 55.1 Å². The second kappa shape index (κ2) is 7.89. The molecule has 0 spiro atoms. The lowest BCUT2D eigenvalue weighted by molar-refractivity contribution is -0.137. The third kappa shape index (κ3) is 4.13. The number of alkyl halides is 3. The van der Waals surface area contributed by atoms with Crippen LogP contribution in [0.4, 0.5) is 19.0 Å². The smallest absolute Gasteiger partial charge is 0.356 e. The van der Waals surface area contributed by atoms with Crippen molar-refractivity contribution >= 4 is 11.7 Å². The molecule has 3 heterocycles. The molecule has 30 heavy (non-hydrogen) atoms. The molecule has 2 aliphatic heterocycles. The number of anilines is 1. The number of carbonyl (C=O) groups excluding carboxylic acids is 1. The summed E-state index contributed by atoms with van der Waals surface area (Å²) in [6.07, 6.45) is -1.73. The minimum absolute atomic E-state index is 0.0506. The topological polar surface area (TPSA) is 49.3 Å². The number of fused-ring (bicyclic) bond motifs is 1. The third-order valence-corrected chi connectivity index (χ3v) is 5.96. The largest absolute Gasteiger partial charge is 0.416 e. The second-order valence-electron chi connectivity index (χ2n) is 8.24. The zero-order valence-electron chi connectivity index (χ0n) is 17.2. The SMILES string of the molecule is Cc1nc2c(c(N3CCC(C)CC3)n1)CN(C(=O)c1cccc(C(F)(F)F)c1)CC2. The molecule has 1 aromatic heterocycles. The molecule has 0 atom stereocenters. The van der Waals surface area contributed by atoms with Gasteiger partial charge in [0, 0.05) is 37.2 Å². The maximum Gasteiger partial charge on any atom is 0.416 e. The van der Waals surface area contributed by atoms with E-state index in [-0.39, 0.29) is 5.56 Å². The Morgan fingerprint density at radius 3 is 2.57 bits per heavy atom. The Morgan fingerprint density at radius 1 is 1.13 bits per heavy atom. The highest BCUT2D eigenvalue weighted by atomic mass is 19.4. The monoisotopic (exact) mass is 418 g/mol. The highest BCUT2D eigenvalue weighted by Gasteiger charge is 2.33. The fourth-order valence-corrected chi connectivity index (χ4v) is 4.18. The summed E-state index contributed by atoms with van der Waals surface area (Å²) in [7, 11) is 0. The lowest BCUT2D eigenvalue weighted by Gasteiger charge is -2.36. The van der Waals surface area contributed by atoms with E-state index in [0.29, 0.717) is 31.3 Å². The average Bonchev–Trinajstić information content (AvgIpc) is 2.72. The van der Waals surface area contributed by atoms with Crippen molar-refractivity contribution in [1.82, 2.24) is 14.9 Å². The van der Waals surface area contributed by atoms with Crippen LogP contribution in [0.5, 0.6) is 0 Å². The molecular weight excluding hydrogens is 393 g/mol. The zero-order valence-corrected chi connectivity index (χ0v) is 17.2. The molecule has 160 valence electrons. The van der Waals surface area contributed by atoms with Crippen LogP contribution in [0.3, 0.4) is 0 Å². The van der Waals surface area contributed by atoms with Gasteiger partial charge >= 0.3 is 6.18 Å². The number of aromatic nitrogens is 2. The van der Waals surface area contributed by atoms with Gasteiger partial charge in [0.2, 0.25) is 0 Å². The second-order valence-corrected chi connectivity index (χ2v) is 8.24. The number of amides is 1. The van der Waals surface area contributed by atoms with Crippen LogP contribution in [-0.4, -0.2) is 40.4 Å². The highest BCUT2D eigenvalue weighted by molar-refractivity contribution is 5.94. The van der Waals surface area contributed by atoms with Crippen LogP contribution in [0, 0.1) is 12.8 Å². The molecule has 1 fully saturated rings. The number of benzene rings is 1. The van der Waals surface area contributed by atoms with Crippen LogP contribution in [0.25, 0.3) is 0 Å². The first-order valence-electron chi connectivity index (χ1n) is 10.3. The molecule has 2 aromatic rings. The van der Waals surface area contributed by atoms with Gasteiger partial charge < -0.3 is 9.80 Å². The van der Waals surface area contributed by atoms with E-state index in [1.165, 1.54) is 12.1 Å². The summed E-state index contributed by atoms with van der Waals surface area (Å²) in [6.45, 7) is 6.67. The van der Waals surface area contributed by atoms with Gasteiger partial charge in [-0.05, 0) is 43.9 Å². The molecule has 0 unspecified atom stereocenters. The van der Waals surface area contributed by atoms with Crippen LogP contribution in [-0.2, 0) is 19.1 Å². The number of carbonyl (C=O) groups is 1. The molecule has 8 heteroatoms. The number of halogens is 3. The zero-order chi connectivity index (χ0) is 21.5. The molecule has 0 bridgehead atoms. The van der Waals surface area contributed by atoms with Gasteiger partial charge in [-0.15, -0.1) is 0 Å². The van der Waals surface area contributed by atoms with E-state index < -0.39 is 17.6 Å². The Hall–Kier alpha value is -2.64. The van der Waals surface area contributed by atoms with E-state index in [4.69, 9.17) is 0 Å². The van der Waals surface area contributed by atoms with Crippen LogP contribution in [0.1, 0.15) is 52.8 Å². The van der Waals surface area contributed by atoms with Crippen molar-refractivity contribution in [3.05, 3.63) is 52.5 Å². The molecular formula is C22H25F3N4O. The molecule has 5 nitrogen and oxygen atoms in total. The number of hydrogen-bond acceptors (Lipinski definition) is 4. The number of aryl methyl sites for hydroxylation is 1. The van der Waals surface area contributed by atoms with E-state index in [2.05, 4.69) is 21.8 Å². The van der Waals surface area contributed by atoms with Crippen LogP contribution < -0.4 is 4.90 Å². The summed E-state index contributed by atoms with van der Waals surface area (Å²) in [5, 5.41) is 0. The van der Waals surface area contributed by atoms with Crippen molar-refractivity contribution in [2.24, 2.45) is 5.92 Å². The molecule has 0 saturated carbocycles. The lowest BCUT2D eigenvalue weighted by Crippen LogP contribution is -2.40. The van der Waals surface area contributed by atoms with Crippen molar-refractivity contribution in [2.45, 2.75) is 45.8 Å². The van der Waals surface area contributed by atoms with Crippen molar-refractivity contribution in [1.29, 1.82) is 0 Å². The number of nitrogens with zero attached hydrogens (tertiary/aromatic N) is 4. The quantitative estimate of drug-likeness (QED) is 0.732. The van der Waals surface area contributed by atoms with E-state index >= 15 is 0 Å². The van der Waals surface area contributed by atoms with Gasteiger partial charge in [-0.2, -0.15) is 13.2 Å². The summed E-state index contributed by atoms with van der Waals surface area (Å²) >= 11 is 0. The van der Waals surface area contributed by atoms with Gasteiger partial charge in [0.15, 0.2) is 0 Å². The molecule has 4 rings (SSSR count). The Labute approximate surface area is 173 Å². The normalized spacial score (nSPS) is 17.8. The predicted octanol–water partition coefficient (Wildman–Crippen LogP) is 4.24. The first-order chi connectivity index (χ1) is 14.2. The summed E-state index contributed by atoms with van der Waals surface area (Å²) in [6, 6.07) is 4.62. The molecule has 0 radical (unpaired) electrons. The summed E-state index contributed by atoms with van der Waals surface area (Å²) in [5.41, 5.74) is 1.09. The highest BCUT2D eigenvalue weighted by Crippen LogP contribution is 2.32. The van der Waals surface area contributed by atoms with Crippen molar-refractivity contribution in [3.8, 4) is 0 Å². The first-order valence-corrected chi connectivity index (χ1v) is 10.3. The summed E-state index contributed by atoms with van der Waals surface area (Å²) in [4.78, 5) is 26.1. The Morgan fingerprint density at radius 2 is 1.87 bits per heavy atom. The Kier molecular flexibility index (Phi) is 5.42. The molecule has 0 aliphatic carbocycles. The molecule has 1 saturated heterocycles. The van der Waals surface area contributed by atoms with Crippen LogP contribution in [0.15, 0.2) is 24.3 Å². The van der Waals surface area contributed by atoms with E-state index in [1.807, 2.05) is 6.92 Å². The fraction of sp³-hybridized carbons (Fsp3) is 0.500. The van der Waals surface area contributed by atoms with Crippen molar-refractivity contribution in [3.63, 3.8) is 0 Å². The van der Waals surface area contributed by atoms with Crippen molar-refractivity contribution in [2.75, 3.05) is 24.5 Å². The van der Waals surface area contributed by atoms with Gasteiger partial charge in [-0.3, -0.25) is 4.79 Å². The predicted molar refractivity (Wildman–Crippen MR) is 107 cm³/mol. The van der Waals surface area contributed by atoms with Gasteiger partial charge in [-0.25, -0.2) is 9.97 Å². The van der Waals surface area contributed by atoms with Crippen molar-refractivity contribution < 1.29 is 18.0 Å². The lowest BCUT2D eigenvalue weighted by atomic mass is 9.98. The minimum atomic E-state index is -4.48. The summed E-state index contributed by atoms with van der Waals surface area (Å²) in [5.74, 6) is 1.86. The van der Waals surface area contributed by atoms with Crippen LogP contribution in [0.2, 0.25) is 0 Å². The third-order valence-electron chi connectivity index (χ3n) is 5.96. The van der Waals surface area contributed by atoms with Gasteiger partial charge in [-0.1, -0.05) is 13.0 Å². The van der Waals surface area contributed by atoms with Gasteiger partial charge in [0.25, 0.3) is 5.91 Å². The van der Waals surface area contributed by atoms with Gasteiger partial charge in [0.05, 0.1) is 17.8 Å². The average molecular weight is 418 g/mol. The number of hydrogen-bond donors (Lipinski definition) is 0. The Balaban J connectivity index is 1.61. The molecule has 1 amide bonds. The standard InChI is InChI=1S/C22H25F3N4O/c1-14-6-9-28(10-7-14)20-18-13-29(11-8-19(18)26-15(2)27-20)21(30)16-4-3-5-17(12-16)22(23,24)25/h3-5,12,14H,6-11,13H2,1-2H3. The van der Waals surface area contributed by atoms with Gasteiger partial charge in [0.1, 0.15) is 11.6 Å². The van der Waals surface area contributed by atoms with E-state index in [1.54, 1.807) is 4.90 Å². The van der Waals surface area contributed by atoms with E-state index in [9.17, 15) is 18.0 Å². The summed E-state index contributed by atoms with van der Waals surface area (Å²) < 4.78 is 39.1. The molecule has 1 aromatic carbocycles. The number of rotatable bonds is 2. The molecule has 0 N–H and O–H groups in total. The fourth-order valence-electron chi connectivity index (χ4n) is 4.18. The Bertz CT molecular complexity index is 952. The number of piperidine rings is 1. The maximum absolute atomic E-state index is 13.0. The first kappa shape index (κ1) is 20.6. The molecule has 2 aliphatic rings. The van der Waals surface area contributed by atoms with Crippen LogP contribution >= 0.6 is 0 Å². The minimum Gasteiger partial charge on any atom is -0.356 e. The maximum atomic E-state index is 13.0.